The summed E-state index contributed by atoms with van der Waals surface area (Å²) < 4.78 is 5.09. The first-order valence-electron chi connectivity index (χ1n) is 7.05. The maximum atomic E-state index is 12.2. The molecule has 0 atom stereocenters. The van der Waals surface area contributed by atoms with Crippen molar-refractivity contribution in [1.82, 2.24) is 14.7 Å². The number of ether oxygens (including phenoxy) is 1. The number of nitrogens with two attached hydrogens (primary N) is 1. The lowest BCUT2D eigenvalue weighted by Gasteiger charge is -2.34. The Morgan fingerprint density at radius 3 is 2.53 bits per heavy atom. The molecule has 0 bridgehead atoms. The number of likely N-dealkylation sites (N-methyl/N-ethyl adjacent to an activating group) is 1. The van der Waals surface area contributed by atoms with Crippen LogP contribution in [0.25, 0.3) is 0 Å². The van der Waals surface area contributed by atoms with Crippen LogP contribution in [0.2, 0.25) is 0 Å². The Hall–Kier alpha value is -0.690. The molecule has 0 aromatic carbocycles. The molecule has 6 heteroatoms. The topological polar surface area (TPSA) is 62.0 Å². The lowest BCUT2D eigenvalue weighted by Crippen LogP contribution is -2.50. The Morgan fingerprint density at radius 1 is 1.26 bits per heavy atom. The summed E-state index contributed by atoms with van der Waals surface area (Å²) in [4.78, 5) is 18.6. The van der Waals surface area contributed by atoms with Crippen LogP contribution >= 0.6 is 0 Å². The minimum Gasteiger partial charge on any atom is -0.383 e. The molecule has 6 nitrogen and oxygen atoms in total. The molecule has 0 aromatic rings. The van der Waals surface area contributed by atoms with Gasteiger partial charge in [0.1, 0.15) is 0 Å². The van der Waals surface area contributed by atoms with Gasteiger partial charge in [-0.25, -0.2) is 0 Å². The highest BCUT2D eigenvalue weighted by Gasteiger charge is 2.20. The number of rotatable bonds is 8. The largest absolute Gasteiger partial charge is 0.383 e. The van der Waals surface area contributed by atoms with E-state index in [0.717, 1.165) is 45.7 Å². The van der Waals surface area contributed by atoms with E-state index >= 15 is 0 Å². The van der Waals surface area contributed by atoms with E-state index < -0.39 is 0 Å². The molecule has 1 aliphatic heterocycles. The molecule has 1 fully saturated rings. The van der Waals surface area contributed by atoms with Crippen molar-refractivity contribution in [2.75, 3.05) is 73.1 Å². The number of nitrogens with zero attached hydrogens (tertiary/aromatic N) is 3. The van der Waals surface area contributed by atoms with Crippen LogP contribution in [0, 0.1) is 0 Å². The second-order valence-corrected chi connectivity index (χ2v) is 5.10. The van der Waals surface area contributed by atoms with E-state index in [0.29, 0.717) is 19.7 Å². The molecule has 1 aliphatic rings. The quantitative estimate of drug-likeness (QED) is 0.618. The molecule has 2 N–H and O–H groups in total. The first kappa shape index (κ1) is 16.4. The zero-order chi connectivity index (χ0) is 14.1. The van der Waals surface area contributed by atoms with Crippen LogP contribution in [0.4, 0.5) is 0 Å². The monoisotopic (exact) mass is 272 g/mol. The third-order valence-electron chi connectivity index (χ3n) is 3.50. The van der Waals surface area contributed by atoms with Gasteiger partial charge in [-0.05, 0) is 26.6 Å². The minimum atomic E-state index is 0.223. The van der Waals surface area contributed by atoms with E-state index in [-0.39, 0.29) is 5.91 Å². The molecule has 0 spiro atoms. The highest BCUT2D eigenvalue weighted by Crippen LogP contribution is 2.02. The van der Waals surface area contributed by atoms with Crippen molar-refractivity contribution in [3.63, 3.8) is 0 Å². The summed E-state index contributed by atoms with van der Waals surface area (Å²) in [5.74, 6) is 0.223. The van der Waals surface area contributed by atoms with Gasteiger partial charge in [0.05, 0.1) is 13.2 Å². The van der Waals surface area contributed by atoms with Gasteiger partial charge in [-0.15, -0.1) is 0 Å². The molecule has 1 rings (SSSR count). The third-order valence-corrected chi connectivity index (χ3v) is 3.50. The van der Waals surface area contributed by atoms with Crippen LogP contribution in [0.15, 0.2) is 0 Å². The second-order valence-electron chi connectivity index (χ2n) is 5.10. The number of hydrogen-bond donors (Lipinski definition) is 1. The van der Waals surface area contributed by atoms with Crippen LogP contribution in [0.1, 0.15) is 6.42 Å². The number of hydrogen-bond acceptors (Lipinski definition) is 5. The molecular formula is C13H28N4O2. The van der Waals surface area contributed by atoms with Gasteiger partial charge in [-0.3, -0.25) is 9.69 Å². The van der Waals surface area contributed by atoms with E-state index in [1.165, 1.54) is 0 Å². The van der Waals surface area contributed by atoms with Gasteiger partial charge >= 0.3 is 0 Å². The maximum Gasteiger partial charge on any atom is 0.236 e. The Kier molecular flexibility index (Phi) is 7.97. The van der Waals surface area contributed by atoms with Crippen LogP contribution in [-0.2, 0) is 9.53 Å². The molecule has 0 radical (unpaired) electrons. The van der Waals surface area contributed by atoms with Crippen molar-refractivity contribution in [2.45, 2.75) is 6.42 Å². The number of carbonyl (C=O) groups is 1. The van der Waals surface area contributed by atoms with Gasteiger partial charge in [0.2, 0.25) is 5.91 Å². The summed E-state index contributed by atoms with van der Waals surface area (Å²) in [7, 11) is 3.78. The lowest BCUT2D eigenvalue weighted by atomic mass is 10.3. The summed E-state index contributed by atoms with van der Waals surface area (Å²) in [5.41, 5.74) is 5.54. The first-order valence-corrected chi connectivity index (χ1v) is 7.05. The zero-order valence-electron chi connectivity index (χ0n) is 12.3. The molecule has 1 amide bonds. The number of carbonyl (C=O) groups excluding carboxylic acids is 1. The molecule has 0 aromatic heterocycles. The van der Waals surface area contributed by atoms with Gasteiger partial charge in [0, 0.05) is 39.8 Å². The van der Waals surface area contributed by atoms with Crippen molar-refractivity contribution >= 4 is 5.91 Å². The highest BCUT2D eigenvalue weighted by atomic mass is 16.5. The summed E-state index contributed by atoms with van der Waals surface area (Å²) in [6.07, 6.45) is 0.916. The predicted octanol–water partition coefficient (Wildman–Crippen LogP) is -0.942. The van der Waals surface area contributed by atoms with Gasteiger partial charge in [0.15, 0.2) is 0 Å². The van der Waals surface area contributed by atoms with E-state index in [9.17, 15) is 4.79 Å². The van der Waals surface area contributed by atoms with Crippen LogP contribution in [0.5, 0.6) is 0 Å². The first-order chi connectivity index (χ1) is 9.17. The number of piperazine rings is 1. The molecule has 19 heavy (non-hydrogen) atoms. The predicted molar refractivity (Wildman–Crippen MR) is 76.1 cm³/mol. The molecule has 1 heterocycles. The minimum absolute atomic E-state index is 0.223. The molecule has 0 unspecified atom stereocenters. The van der Waals surface area contributed by atoms with Gasteiger partial charge in [0.25, 0.3) is 0 Å². The SMILES string of the molecule is COCCN(CCCN)CC(=O)N1CCN(C)CC1. The van der Waals surface area contributed by atoms with E-state index in [1.807, 2.05) is 4.90 Å². The van der Waals surface area contributed by atoms with Crippen molar-refractivity contribution in [2.24, 2.45) is 5.73 Å². The fourth-order valence-electron chi connectivity index (χ4n) is 2.15. The molecule has 0 saturated carbocycles. The normalized spacial score (nSPS) is 17.2. The van der Waals surface area contributed by atoms with Crippen molar-refractivity contribution in [3.05, 3.63) is 0 Å². The van der Waals surface area contributed by atoms with Crippen LogP contribution in [-0.4, -0.2) is 93.7 Å². The Bertz CT molecular complexity index is 247. The summed E-state index contributed by atoms with van der Waals surface area (Å²) in [5, 5.41) is 0. The lowest BCUT2D eigenvalue weighted by molar-refractivity contribution is -0.134. The Labute approximate surface area is 116 Å². The van der Waals surface area contributed by atoms with Gasteiger partial charge < -0.3 is 20.3 Å². The van der Waals surface area contributed by atoms with E-state index in [2.05, 4.69) is 16.8 Å². The summed E-state index contributed by atoms with van der Waals surface area (Å²) >= 11 is 0. The van der Waals surface area contributed by atoms with Crippen LogP contribution in [0.3, 0.4) is 0 Å². The zero-order valence-corrected chi connectivity index (χ0v) is 12.3. The van der Waals surface area contributed by atoms with E-state index in [1.54, 1.807) is 7.11 Å². The molecule has 0 aliphatic carbocycles. The highest BCUT2D eigenvalue weighted by molar-refractivity contribution is 5.78. The average molecular weight is 272 g/mol. The summed E-state index contributed by atoms with van der Waals surface area (Å²) in [6.45, 7) is 7.04. The molecular weight excluding hydrogens is 244 g/mol. The number of amides is 1. The third kappa shape index (κ3) is 6.33. The average Bonchev–Trinajstić information content (AvgIpc) is 2.42. The van der Waals surface area contributed by atoms with Crippen molar-refractivity contribution < 1.29 is 9.53 Å². The summed E-state index contributed by atoms with van der Waals surface area (Å²) in [6, 6.07) is 0. The standard InChI is InChI=1S/C13H28N4O2/c1-15-6-8-17(9-7-15)13(18)12-16(5-3-4-14)10-11-19-2/h3-12,14H2,1-2H3. The fraction of sp³-hybridized carbons (Fsp3) is 0.923. The fourth-order valence-corrected chi connectivity index (χ4v) is 2.15. The van der Waals surface area contributed by atoms with Crippen molar-refractivity contribution in [1.29, 1.82) is 0 Å². The molecule has 1 saturated heterocycles. The van der Waals surface area contributed by atoms with Gasteiger partial charge in [-0.1, -0.05) is 0 Å². The van der Waals surface area contributed by atoms with Crippen LogP contribution < -0.4 is 5.73 Å². The van der Waals surface area contributed by atoms with Crippen molar-refractivity contribution in [3.8, 4) is 0 Å². The Morgan fingerprint density at radius 2 is 1.95 bits per heavy atom. The smallest absolute Gasteiger partial charge is 0.236 e. The van der Waals surface area contributed by atoms with Gasteiger partial charge in [-0.2, -0.15) is 0 Å². The number of methoxy groups -OCH3 is 1. The molecule has 112 valence electrons. The maximum absolute atomic E-state index is 12.2. The van der Waals surface area contributed by atoms with E-state index in [4.69, 9.17) is 10.5 Å². The second kappa shape index (κ2) is 9.25. The Balaban J connectivity index is 2.36.